The molecule has 0 unspecified atom stereocenters. The van der Waals surface area contributed by atoms with E-state index in [1.807, 2.05) is 64.8 Å². The Morgan fingerprint density at radius 3 is 2.76 bits per heavy atom. The molecule has 33 heavy (non-hydrogen) atoms. The summed E-state index contributed by atoms with van der Waals surface area (Å²) in [5.74, 6) is 1.38. The highest BCUT2D eigenvalue weighted by Gasteiger charge is 2.30. The number of halogens is 1. The van der Waals surface area contributed by atoms with Gasteiger partial charge in [-0.3, -0.25) is 0 Å². The third-order valence-corrected chi connectivity index (χ3v) is 6.06. The first-order chi connectivity index (χ1) is 16.0. The van der Waals surface area contributed by atoms with E-state index in [0.29, 0.717) is 48.7 Å². The molecule has 1 saturated heterocycles. The second-order valence-corrected chi connectivity index (χ2v) is 8.50. The van der Waals surface area contributed by atoms with Gasteiger partial charge in [0.1, 0.15) is 6.61 Å². The Morgan fingerprint density at radius 1 is 1.18 bits per heavy atom. The van der Waals surface area contributed by atoms with E-state index in [4.69, 9.17) is 21.3 Å². The van der Waals surface area contributed by atoms with Crippen LogP contribution in [0.15, 0.2) is 48.5 Å². The monoisotopic (exact) mass is 465 g/mol. The van der Waals surface area contributed by atoms with Gasteiger partial charge in [0.15, 0.2) is 11.5 Å². The Hall–Kier alpha value is -3.43. The Labute approximate surface area is 195 Å². The summed E-state index contributed by atoms with van der Waals surface area (Å²) in [7, 11) is 1.63. The van der Waals surface area contributed by atoms with Crippen LogP contribution >= 0.6 is 11.6 Å². The normalized spacial score (nSPS) is 16.5. The molecular weight excluding hydrogens is 442 g/mol. The summed E-state index contributed by atoms with van der Waals surface area (Å²) >= 11 is 6.24. The summed E-state index contributed by atoms with van der Waals surface area (Å²) < 4.78 is 7.28. The third kappa shape index (κ3) is 4.05. The van der Waals surface area contributed by atoms with E-state index in [2.05, 4.69) is 20.4 Å². The molecule has 0 spiro atoms. The molecule has 2 aromatic heterocycles. The lowest BCUT2D eigenvalue weighted by molar-refractivity contribution is 0.176. The predicted molar refractivity (Wildman–Crippen MR) is 128 cm³/mol. The average molecular weight is 466 g/mol. The standard InChI is InChI=1S/C23H24ClN7O2/c1-15-13-29(10-11-30(15)23(32)25-17-6-4-3-5-7-17)22-26-19-12-16(24)8-9-18(19)21-28-27-20(14-33-2)31(21)22/h3-9,12,15H,10-11,13-14H2,1-2H3,(H,25,32)/t15-/m1/s1. The van der Waals surface area contributed by atoms with Gasteiger partial charge < -0.3 is 19.9 Å². The van der Waals surface area contributed by atoms with Crippen molar-refractivity contribution in [2.75, 3.05) is 37.0 Å². The molecule has 5 rings (SSSR count). The topological polar surface area (TPSA) is 87.9 Å². The van der Waals surface area contributed by atoms with Crippen LogP contribution in [0.1, 0.15) is 12.7 Å². The Bertz CT molecular complexity index is 1310. The number of nitrogens with one attached hydrogen (secondary N) is 1. The number of carbonyl (C=O) groups is 1. The molecule has 2 amide bonds. The van der Waals surface area contributed by atoms with Crippen molar-refractivity contribution >= 4 is 45.8 Å². The molecule has 1 aliphatic heterocycles. The smallest absolute Gasteiger partial charge is 0.322 e. The van der Waals surface area contributed by atoms with Gasteiger partial charge in [-0.15, -0.1) is 10.2 Å². The van der Waals surface area contributed by atoms with E-state index >= 15 is 0 Å². The van der Waals surface area contributed by atoms with Crippen molar-refractivity contribution in [1.29, 1.82) is 0 Å². The molecule has 0 radical (unpaired) electrons. The summed E-state index contributed by atoms with van der Waals surface area (Å²) in [6.45, 7) is 4.13. The first-order valence-electron chi connectivity index (χ1n) is 10.7. The molecule has 2 aromatic carbocycles. The van der Waals surface area contributed by atoms with Crippen LogP contribution in [0, 0.1) is 0 Å². The van der Waals surface area contributed by atoms with Crippen LogP contribution in [-0.4, -0.2) is 63.3 Å². The van der Waals surface area contributed by atoms with Gasteiger partial charge in [-0.2, -0.15) is 0 Å². The van der Waals surface area contributed by atoms with E-state index in [1.54, 1.807) is 7.11 Å². The number of nitrogens with zero attached hydrogens (tertiary/aromatic N) is 6. The van der Waals surface area contributed by atoms with E-state index < -0.39 is 0 Å². The first-order valence-corrected chi connectivity index (χ1v) is 11.1. The number of carbonyl (C=O) groups excluding carboxylic acids is 1. The fraction of sp³-hybridized carbons (Fsp3) is 0.304. The summed E-state index contributed by atoms with van der Waals surface area (Å²) in [6, 6.07) is 14.9. The van der Waals surface area contributed by atoms with Crippen molar-refractivity contribution in [3.05, 3.63) is 59.4 Å². The lowest BCUT2D eigenvalue weighted by Gasteiger charge is -2.40. The number of benzene rings is 2. The molecule has 1 atom stereocenters. The molecule has 0 aliphatic carbocycles. The lowest BCUT2D eigenvalue weighted by atomic mass is 10.2. The second-order valence-electron chi connectivity index (χ2n) is 8.07. The highest BCUT2D eigenvalue weighted by atomic mass is 35.5. The van der Waals surface area contributed by atoms with E-state index in [-0.39, 0.29) is 12.1 Å². The Morgan fingerprint density at radius 2 is 2.00 bits per heavy atom. The van der Waals surface area contributed by atoms with E-state index in [9.17, 15) is 4.79 Å². The van der Waals surface area contributed by atoms with Crippen molar-refractivity contribution in [3.63, 3.8) is 0 Å². The van der Waals surface area contributed by atoms with Gasteiger partial charge in [-0.25, -0.2) is 14.2 Å². The lowest BCUT2D eigenvalue weighted by Crippen LogP contribution is -2.55. The molecule has 170 valence electrons. The maximum absolute atomic E-state index is 12.9. The van der Waals surface area contributed by atoms with Crippen LogP contribution in [0.25, 0.3) is 16.6 Å². The molecule has 10 heteroatoms. The fourth-order valence-electron chi connectivity index (χ4n) is 4.24. The number of aromatic nitrogens is 4. The van der Waals surface area contributed by atoms with Gasteiger partial charge in [0, 0.05) is 48.9 Å². The van der Waals surface area contributed by atoms with Gasteiger partial charge in [-0.1, -0.05) is 29.8 Å². The molecule has 1 aliphatic rings. The van der Waals surface area contributed by atoms with E-state index in [1.165, 1.54) is 0 Å². The van der Waals surface area contributed by atoms with Crippen molar-refractivity contribution in [1.82, 2.24) is 24.5 Å². The summed E-state index contributed by atoms with van der Waals surface area (Å²) in [5, 5.41) is 13.2. The van der Waals surface area contributed by atoms with Crippen molar-refractivity contribution in [2.45, 2.75) is 19.6 Å². The number of anilines is 2. The number of para-hydroxylation sites is 1. The Balaban J connectivity index is 1.46. The van der Waals surface area contributed by atoms with Crippen LogP contribution in [0.2, 0.25) is 5.02 Å². The third-order valence-electron chi connectivity index (χ3n) is 5.82. The predicted octanol–water partition coefficient (Wildman–Crippen LogP) is 3.82. The molecular formula is C23H24ClN7O2. The number of hydrogen-bond acceptors (Lipinski definition) is 6. The van der Waals surface area contributed by atoms with Crippen LogP contribution < -0.4 is 10.2 Å². The highest BCUT2D eigenvalue weighted by molar-refractivity contribution is 6.31. The zero-order valence-electron chi connectivity index (χ0n) is 18.4. The molecule has 0 bridgehead atoms. The number of ether oxygens (including phenoxy) is 1. The molecule has 0 saturated carbocycles. The number of urea groups is 1. The largest absolute Gasteiger partial charge is 0.377 e. The number of fused-ring (bicyclic) bond motifs is 3. The fourth-order valence-corrected chi connectivity index (χ4v) is 4.40. The number of amides is 2. The maximum atomic E-state index is 12.9. The SMILES string of the molecule is COCc1nnc2c3ccc(Cl)cc3nc(N3CCN(C(=O)Nc4ccccc4)[C@H](C)C3)n12. The van der Waals surface area contributed by atoms with Crippen LogP contribution in [0.5, 0.6) is 0 Å². The molecule has 1 N–H and O–H groups in total. The first kappa shape index (κ1) is 21.4. The van der Waals surface area contributed by atoms with Gasteiger partial charge in [0.2, 0.25) is 5.95 Å². The van der Waals surface area contributed by atoms with Crippen molar-refractivity contribution in [3.8, 4) is 0 Å². The number of piperazine rings is 1. The zero-order valence-corrected chi connectivity index (χ0v) is 19.2. The average Bonchev–Trinajstić information content (AvgIpc) is 3.23. The molecule has 1 fully saturated rings. The zero-order chi connectivity index (χ0) is 22.9. The van der Waals surface area contributed by atoms with Crippen LogP contribution in [0.3, 0.4) is 0 Å². The van der Waals surface area contributed by atoms with Crippen LogP contribution in [-0.2, 0) is 11.3 Å². The summed E-state index contributed by atoms with van der Waals surface area (Å²) in [4.78, 5) is 21.8. The summed E-state index contributed by atoms with van der Waals surface area (Å²) in [6.07, 6.45) is 0. The number of hydrogen-bond donors (Lipinski definition) is 1. The molecule has 3 heterocycles. The van der Waals surface area contributed by atoms with E-state index in [0.717, 1.165) is 16.6 Å². The minimum absolute atomic E-state index is 0.0308. The van der Waals surface area contributed by atoms with Crippen molar-refractivity contribution < 1.29 is 9.53 Å². The van der Waals surface area contributed by atoms with Gasteiger partial charge in [-0.05, 0) is 37.3 Å². The molecule has 4 aromatic rings. The minimum Gasteiger partial charge on any atom is -0.377 e. The maximum Gasteiger partial charge on any atom is 0.322 e. The summed E-state index contributed by atoms with van der Waals surface area (Å²) in [5.41, 5.74) is 2.23. The highest BCUT2D eigenvalue weighted by Crippen LogP contribution is 2.28. The van der Waals surface area contributed by atoms with Gasteiger partial charge >= 0.3 is 6.03 Å². The number of rotatable bonds is 4. The quantitative estimate of drug-likeness (QED) is 0.493. The Kier molecular flexibility index (Phi) is 5.74. The number of methoxy groups -OCH3 is 1. The van der Waals surface area contributed by atoms with Crippen LogP contribution in [0.4, 0.5) is 16.4 Å². The minimum atomic E-state index is -0.110. The van der Waals surface area contributed by atoms with Gasteiger partial charge in [0.05, 0.1) is 5.52 Å². The van der Waals surface area contributed by atoms with Crippen molar-refractivity contribution in [2.24, 2.45) is 0 Å². The second kappa shape index (κ2) is 8.84. The van der Waals surface area contributed by atoms with Gasteiger partial charge in [0.25, 0.3) is 0 Å². The molecule has 9 nitrogen and oxygen atoms in total.